The molecule has 0 aliphatic rings. The first-order valence-corrected chi connectivity index (χ1v) is 7.15. The molecule has 0 heterocycles. The Bertz CT molecular complexity index is 526. The predicted octanol–water partition coefficient (Wildman–Crippen LogP) is 3.47. The average molecular weight is 334 g/mol. The van der Waals surface area contributed by atoms with Crippen molar-refractivity contribution in [2.75, 3.05) is 11.9 Å². The number of rotatable bonds is 6. The maximum absolute atomic E-state index is 11.9. The number of carbonyl (C=O) groups excluding carboxylic acids is 1. The molecule has 6 nitrogen and oxygen atoms in total. The molecule has 1 aromatic rings. The molecule has 0 spiro atoms. The summed E-state index contributed by atoms with van der Waals surface area (Å²) in [6.45, 7) is 6.20. The Hall–Kier alpha value is -1.53. The molecule has 0 aromatic heterocycles. The zero-order chi connectivity index (χ0) is 16.2. The lowest BCUT2D eigenvalue weighted by molar-refractivity contribution is -0.384. The summed E-state index contributed by atoms with van der Waals surface area (Å²) in [4.78, 5) is 22.0. The van der Waals surface area contributed by atoms with Gasteiger partial charge in [0.15, 0.2) is 0 Å². The van der Waals surface area contributed by atoms with Crippen molar-refractivity contribution in [2.45, 2.75) is 26.8 Å². The highest BCUT2D eigenvalue weighted by atomic mass is 35.5. The van der Waals surface area contributed by atoms with Crippen LogP contribution in [0, 0.1) is 16.0 Å². The third-order valence-electron chi connectivity index (χ3n) is 2.68. The first kappa shape index (κ1) is 17.5. The molecule has 1 atom stereocenters. The number of amides is 1. The molecule has 21 heavy (non-hydrogen) atoms. The zero-order valence-electron chi connectivity index (χ0n) is 11.9. The minimum absolute atomic E-state index is 0.0951. The molecule has 2 N–H and O–H groups in total. The van der Waals surface area contributed by atoms with Gasteiger partial charge in [-0.25, -0.2) is 0 Å². The fourth-order valence-electron chi connectivity index (χ4n) is 1.54. The Balaban J connectivity index is 2.83. The maximum Gasteiger partial charge on any atom is 0.272 e. The van der Waals surface area contributed by atoms with Gasteiger partial charge in [-0.05, 0) is 12.8 Å². The van der Waals surface area contributed by atoms with E-state index in [0.717, 1.165) is 0 Å². The fraction of sp³-hybridized carbons (Fsp3) is 0.462. The molecule has 0 radical (unpaired) electrons. The van der Waals surface area contributed by atoms with Crippen molar-refractivity contribution in [3.8, 4) is 0 Å². The summed E-state index contributed by atoms with van der Waals surface area (Å²) in [6.07, 6.45) is 0. The number of nitro benzene ring substituents is 1. The van der Waals surface area contributed by atoms with Crippen molar-refractivity contribution in [1.82, 2.24) is 5.32 Å². The average Bonchev–Trinajstić information content (AvgIpc) is 2.39. The quantitative estimate of drug-likeness (QED) is 0.616. The molecule has 0 aliphatic heterocycles. The summed E-state index contributed by atoms with van der Waals surface area (Å²) in [7, 11) is 0. The number of nitrogens with one attached hydrogen (secondary N) is 2. The minimum atomic E-state index is -0.583. The normalized spacial score (nSPS) is 12.1. The Morgan fingerprint density at radius 1 is 1.29 bits per heavy atom. The van der Waals surface area contributed by atoms with Crippen molar-refractivity contribution < 1.29 is 9.72 Å². The number of benzene rings is 1. The summed E-state index contributed by atoms with van der Waals surface area (Å²) in [5.41, 5.74) is 0.101. The highest BCUT2D eigenvalue weighted by molar-refractivity contribution is 6.39. The molecule has 1 rings (SSSR count). The Morgan fingerprint density at radius 3 is 2.24 bits per heavy atom. The summed E-state index contributed by atoms with van der Waals surface area (Å²) in [5.74, 6) is 0.141. The molecule has 0 saturated carbocycles. The monoisotopic (exact) mass is 333 g/mol. The van der Waals surface area contributed by atoms with Crippen molar-refractivity contribution >= 4 is 40.5 Å². The van der Waals surface area contributed by atoms with Crippen molar-refractivity contribution in [2.24, 2.45) is 5.92 Å². The number of non-ortho nitro benzene ring substituents is 1. The number of nitrogens with zero attached hydrogens (tertiary/aromatic N) is 1. The van der Waals surface area contributed by atoms with E-state index in [1.54, 1.807) is 6.92 Å². The minimum Gasteiger partial charge on any atom is -0.371 e. The van der Waals surface area contributed by atoms with Gasteiger partial charge < -0.3 is 10.6 Å². The number of anilines is 1. The summed E-state index contributed by atoms with van der Waals surface area (Å²) >= 11 is 11.9. The second-order valence-electron chi connectivity index (χ2n) is 5.05. The molecule has 1 aromatic carbocycles. The SMILES string of the molecule is CC(C)CNC(=O)C(C)Nc1c(Cl)cc([N+](=O)[O-])cc1Cl. The summed E-state index contributed by atoms with van der Waals surface area (Å²) in [6, 6.07) is 1.81. The van der Waals surface area contributed by atoms with Crippen LogP contribution >= 0.6 is 23.2 Å². The van der Waals surface area contributed by atoms with Gasteiger partial charge in [0.25, 0.3) is 5.69 Å². The maximum atomic E-state index is 11.9. The van der Waals surface area contributed by atoms with Gasteiger partial charge >= 0.3 is 0 Å². The first-order chi connectivity index (χ1) is 9.72. The van der Waals surface area contributed by atoms with Crippen LogP contribution in [-0.2, 0) is 4.79 Å². The van der Waals surface area contributed by atoms with Gasteiger partial charge in [-0.2, -0.15) is 0 Å². The van der Waals surface area contributed by atoms with Crippen LogP contribution in [-0.4, -0.2) is 23.4 Å². The van der Waals surface area contributed by atoms with Crippen LogP contribution in [0.5, 0.6) is 0 Å². The largest absolute Gasteiger partial charge is 0.371 e. The van der Waals surface area contributed by atoms with Gasteiger partial charge in [-0.15, -0.1) is 0 Å². The van der Waals surface area contributed by atoms with E-state index in [4.69, 9.17) is 23.2 Å². The van der Waals surface area contributed by atoms with Crippen LogP contribution in [0.4, 0.5) is 11.4 Å². The molecule has 116 valence electrons. The number of hydrogen-bond donors (Lipinski definition) is 2. The number of hydrogen-bond acceptors (Lipinski definition) is 4. The van der Waals surface area contributed by atoms with E-state index in [0.29, 0.717) is 18.2 Å². The van der Waals surface area contributed by atoms with Crippen molar-refractivity contribution in [3.05, 3.63) is 32.3 Å². The molecule has 1 unspecified atom stereocenters. The van der Waals surface area contributed by atoms with Gasteiger partial charge in [-0.3, -0.25) is 14.9 Å². The van der Waals surface area contributed by atoms with Gasteiger partial charge in [0.2, 0.25) is 5.91 Å². The van der Waals surface area contributed by atoms with Gasteiger partial charge in [0.05, 0.1) is 20.7 Å². The lowest BCUT2D eigenvalue weighted by Crippen LogP contribution is -2.39. The second kappa shape index (κ2) is 7.47. The molecule has 8 heteroatoms. The van der Waals surface area contributed by atoms with E-state index in [-0.39, 0.29) is 21.6 Å². The third kappa shape index (κ3) is 5.06. The topological polar surface area (TPSA) is 84.3 Å². The van der Waals surface area contributed by atoms with Gasteiger partial charge in [-0.1, -0.05) is 37.0 Å². The van der Waals surface area contributed by atoms with Crippen LogP contribution in [0.3, 0.4) is 0 Å². The summed E-state index contributed by atoms with van der Waals surface area (Å²) in [5, 5.41) is 16.5. The predicted molar refractivity (Wildman–Crippen MR) is 84.0 cm³/mol. The molecule has 0 aliphatic carbocycles. The lowest BCUT2D eigenvalue weighted by Gasteiger charge is -2.18. The number of nitro groups is 1. The van der Waals surface area contributed by atoms with Crippen LogP contribution in [0.1, 0.15) is 20.8 Å². The van der Waals surface area contributed by atoms with Crippen LogP contribution < -0.4 is 10.6 Å². The fourth-order valence-corrected chi connectivity index (χ4v) is 2.13. The standard InChI is InChI=1S/C13H17Cl2N3O3/c1-7(2)6-16-13(19)8(3)17-12-10(14)4-9(18(20)21)5-11(12)15/h4-5,7-8,17H,6H2,1-3H3,(H,16,19). The Kier molecular flexibility index (Phi) is 6.23. The number of carbonyl (C=O) groups is 1. The van der Waals surface area contributed by atoms with Crippen LogP contribution in [0.25, 0.3) is 0 Å². The highest BCUT2D eigenvalue weighted by Crippen LogP contribution is 2.35. The Morgan fingerprint density at radius 2 is 1.81 bits per heavy atom. The molecule has 0 saturated heterocycles. The highest BCUT2D eigenvalue weighted by Gasteiger charge is 2.19. The second-order valence-corrected chi connectivity index (χ2v) is 5.86. The lowest BCUT2D eigenvalue weighted by atomic mass is 10.2. The number of halogens is 2. The van der Waals surface area contributed by atoms with E-state index in [2.05, 4.69) is 10.6 Å². The smallest absolute Gasteiger partial charge is 0.272 e. The van der Waals surface area contributed by atoms with Crippen molar-refractivity contribution in [3.63, 3.8) is 0 Å². The molecule has 1 amide bonds. The van der Waals surface area contributed by atoms with Crippen LogP contribution in [0.2, 0.25) is 10.0 Å². The van der Waals surface area contributed by atoms with E-state index in [9.17, 15) is 14.9 Å². The van der Waals surface area contributed by atoms with Gasteiger partial charge in [0, 0.05) is 18.7 Å². The van der Waals surface area contributed by atoms with E-state index < -0.39 is 11.0 Å². The van der Waals surface area contributed by atoms with Crippen LogP contribution in [0.15, 0.2) is 12.1 Å². The first-order valence-electron chi connectivity index (χ1n) is 6.40. The third-order valence-corrected chi connectivity index (χ3v) is 3.27. The summed E-state index contributed by atoms with van der Waals surface area (Å²) < 4.78 is 0. The van der Waals surface area contributed by atoms with E-state index in [1.807, 2.05) is 13.8 Å². The van der Waals surface area contributed by atoms with E-state index in [1.165, 1.54) is 12.1 Å². The van der Waals surface area contributed by atoms with E-state index >= 15 is 0 Å². The molecular formula is C13H17Cl2N3O3. The zero-order valence-corrected chi connectivity index (χ0v) is 13.5. The van der Waals surface area contributed by atoms with Gasteiger partial charge in [0.1, 0.15) is 6.04 Å². The van der Waals surface area contributed by atoms with Crippen molar-refractivity contribution in [1.29, 1.82) is 0 Å². The molecular weight excluding hydrogens is 317 g/mol. The Labute approximate surface area is 133 Å². The molecule has 0 bridgehead atoms. The molecule has 0 fully saturated rings.